The molecule has 1 aromatic rings. The number of benzene rings is 1. The van der Waals surface area contributed by atoms with E-state index < -0.39 is 0 Å². The summed E-state index contributed by atoms with van der Waals surface area (Å²) < 4.78 is 13.8. The molecular weight excluding hydrogens is 237 g/mol. The Hall–Kier alpha value is -0.600. The van der Waals surface area contributed by atoms with E-state index in [0.717, 1.165) is 12.8 Å². The fourth-order valence-electron chi connectivity index (χ4n) is 2.70. The summed E-state index contributed by atoms with van der Waals surface area (Å²) in [5.41, 5.74) is 6.82. The zero-order valence-electron chi connectivity index (χ0n) is 9.96. The van der Waals surface area contributed by atoms with Gasteiger partial charge in [0.25, 0.3) is 0 Å². The largest absolute Gasteiger partial charge is 0.324 e. The van der Waals surface area contributed by atoms with E-state index in [1.807, 2.05) is 0 Å². The van der Waals surface area contributed by atoms with E-state index in [4.69, 9.17) is 17.3 Å². The van der Waals surface area contributed by atoms with Crippen LogP contribution < -0.4 is 5.73 Å². The molecule has 17 heavy (non-hydrogen) atoms. The molecule has 1 nitrogen and oxygen atoms in total. The fourth-order valence-corrected chi connectivity index (χ4v) is 2.85. The van der Waals surface area contributed by atoms with Crippen molar-refractivity contribution < 1.29 is 4.39 Å². The maximum atomic E-state index is 13.8. The molecule has 0 amide bonds. The number of hydrogen-bond acceptors (Lipinski definition) is 1. The predicted octanol–water partition coefficient (Wildman–Crippen LogP) is 4.45. The molecule has 1 aliphatic carbocycles. The molecule has 0 saturated heterocycles. The van der Waals surface area contributed by atoms with Gasteiger partial charge in [-0.3, -0.25) is 0 Å². The molecule has 1 fully saturated rings. The minimum atomic E-state index is -0.269. The highest BCUT2D eigenvalue weighted by Crippen LogP contribution is 2.33. The van der Waals surface area contributed by atoms with Crippen LogP contribution in [0.15, 0.2) is 18.2 Å². The summed E-state index contributed by atoms with van der Waals surface area (Å²) in [6.45, 7) is 0. The highest BCUT2D eigenvalue weighted by molar-refractivity contribution is 6.30. The Balaban J connectivity index is 2.14. The third-order valence-corrected chi connectivity index (χ3v) is 3.96. The van der Waals surface area contributed by atoms with Gasteiger partial charge in [0.05, 0.1) is 0 Å². The van der Waals surface area contributed by atoms with Crippen LogP contribution in [-0.2, 0) is 0 Å². The van der Waals surface area contributed by atoms with Gasteiger partial charge in [0.15, 0.2) is 0 Å². The highest BCUT2D eigenvalue weighted by atomic mass is 35.5. The van der Waals surface area contributed by atoms with E-state index in [9.17, 15) is 4.39 Å². The summed E-state index contributed by atoms with van der Waals surface area (Å²) in [5, 5.41) is 0.430. The molecule has 1 aromatic carbocycles. The Morgan fingerprint density at radius 2 is 1.82 bits per heavy atom. The van der Waals surface area contributed by atoms with Crippen molar-refractivity contribution in [2.24, 2.45) is 11.7 Å². The van der Waals surface area contributed by atoms with Gasteiger partial charge in [-0.25, -0.2) is 4.39 Å². The monoisotopic (exact) mass is 255 g/mol. The molecule has 0 spiro atoms. The van der Waals surface area contributed by atoms with Crippen LogP contribution in [0, 0.1) is 11.7 Å². The average molecular weight is 256 g/mol. The lowest BCUT2D eigenvalue weighted by Crippen LogP contribution is -2.22. The molecular formula is C14H19ClFN. The molecule has 1 saturated carbocycles. The van der Waals surface area contributed by atoms with Gasteiger partial charge in [-0.1, -0.05) is 43.4 Å². The van der Waals surface area contributed by atoms with Crippen molar-refractivity contribution in [3.05, 3.63) is 34.6 Å². The van der Waals surface area contributed by atoms with E-state index in [1.165, 1.54) is 31.7 Å². The van der Waals surface area contributed by atoms with Crippen molar-refractivity contribution in [1.82, 2.24) is 0 Å². The second-order valence-corrected chi connectivity index (χ2v) is 5.38. The minimum Gasteiger partial charge on any atom is -0.324 e. The second-order valence-electron chi connectivity index (χ2n) is 4.94. The first-order valence-electron chi connectivity index (χ1n) is 6.39. The van der Waals surface area contributed by atoms with Crippen molar-refractivity contribution in [2.75, 3.05) is 0 Å². The molecule has 0 aromatic heterocycles. The summed E-state index contributed by atoms with van der Waals surface area (Å²) in [7, 11) is 0. The minimum absolute atomic E-state index is 0.189. The lowest BCUT2D eigenvalue weighted by atomic mass is 9.87. The summed E-state index contributed by atoms with van der Waals surface area (Å²) in [6, 6.07) is 4.61. The third-order valence-electron chi connectivity index (χ3n) is 3.73. The molecule has 94 valence electrons. The van der Waals surface area contributed by atoms with E-state index in [1.54, 1.807) is 12.1 Å². The molecule has 0 bridgehead atoms. The van der Waals surface area contributed by atoms with Crippen LogP contribution >= 0.6 is 11.6 Å². The smallest absolute Gasteiger partial charge is 0.129 e. The van der Waals surface area contributed by atoms with Crippen LogP contribution in [0.5, 0.6) is 0 Å². The van der Waals surface area contributed by atoms with Crippen LogP contribution in [0.25, 0.3) is 0 Å². The summed E-state index contributed by atoms with van der Waals surface area (Å²) in [6.07, 6.45) is 7.23. The topological polar surface area (TPSA) is 26.0 Å². The standard InChI is InChI=1S/C14H19ClFN/c15-11-7-8-12(13(16)9-11)14(17)10-5-3-1-2-4-6-10/h7-10,14H,1-6,17H2. The summed E-state index contributed by atoms with van der Waals surface area (Å²) in [4.78, 5) is 0. The predicted molar refractivity (Wildman–Crippen MR) is 69.5 cm³/mol. The van der Waals surface area contributed by atoms with E-state index in [2.05, 4.69) is 0 Å². The van der Waals surface area contributed by atoms with Crippen LogP contribution in [0.1, 0.15) is 50.1 Å². The maximum absolute atomic E-state index is 13.8. The molecule has 1 unspecified atom stereocenters. The van der Waals surface area contributed by atoms with E-state index >= 15 is 0 Å². The molecule has 0 heterocycles. The van der Waals surface area contributed by atoms with Gasteiger partial charge >= 0.3 is 0 Å². The van der Waals surface area contributed by atoms with Crippen LogP contribution in [0.3, 0.4) is 0 Å². The maximum Gasteiger partial charge on any atom is 0.129 e. The van der Waals surface area contributed by atoms with Gasteiger partial charge in [-0.2, -0.15) is 0 Å². The second kappa shape index (κ2) is 5.83. The SMILES string of the molecule is NC(c1ccc(Cl)cc1F)C1CCCCCC1. The van der Waals surface area contributed by atoms with Gasteiger partial charge < -0.3 is 5.73 Å². The number of rotatable bonds is 2. The van der Waals surface area contributed by atoms with Crippen LogP contribution in [-0.4, -0.2) is 0 Å². The Labute approximate surface area is 107 Å². The Bertz CT molecular complexity index is 372. The third kappa shape index (κ3) is 3.20. The molecule has 3 heteroatoms. The molecule has 1 atom stereocenters. The van der Waals surface area contributed by atoms with E-state index in [-0.39, 0.29) is 11.9 Å². The normalized spacial score (nSPS) is 19.9. The molecule has 1 aliphatic rings. The molecule has 2 N–H and O–H groups in total. The quantitative estimate of drug-likeness (QED) is 0.777. The molecule has 0 radical (unpaired) electrons. The average Bonchev–Trinajstić information content (AvgIpc) is 2.56. The number of hydrogen-bond donors (Lipinski definition) is 1. The van der Waals surface area contributed by atoms with Gasteiger partial charge in [0.1, 0.15) is 5.82 Å². The van der Waals surface area contributed by atoms with Crippen molar-refractivity contribution in [1.29, 1.82) is 0 Å². The zero-order valence-corrected chi connectivity index (χ0v) is 10.7. The first-order chi connectivity index (χ1) is 8.18. The van der Waals surface area contributed by atoms with Crippen molar-refractivity contribution in [3.8, 4) is 0 Å². The Kier molecular flexibility index (Phi) is 4.41. The summed E-state index contributed by atoms with van der Waals surface area (Å²) >= 11 is 5.75. The van der Waals surface area contributed by atoms with Gasteiger partial charge in [-0.15, -0.1) is 0 Å². The van der Waals surface area contributed by atoms with Crippen molar-refractivity contribution in [3.63, 3.8) is 0 Å². The first-order valence-corrected chi connectivity index (χ1v) is 6.77. The highest BCUT2D eigenvalue weighted by Gasteiger charge is 2.23. The van der Waals surface area contributed by atoms with Gasteiger partial charge in [0.2, 0.25) is 0 Å². The molecule has 0 aliphatic heterocycles. The van der Waals surface area contributed by atoms with Crippen LogP contribution in [0.2, 0.25) is 5.02 Å². The van der Waals surface area contributed by atoms with Gasteiger partial charge in [0, 0.05) is 16.6 Å². The first kappa shape index (κ1) is 12.8. The lowest BCUT2D eigenvalue weighted by Gasteiger charge is -2.23. The number of nitrogens with two attached hydrogens (primary N) is 1. The fraction of sp³-hybridized carbons (Fsp3) is 0.571. The molecule has 2 rings (SSSR count). The zero-order chi connectivity index (χ0) is 12.3. The van der Waals surface area contributed by atoms with Crippen LogP contribution in [0.4, 0.5) is 4.39 Å². The Morgan fingerprint density at radius 3 is 2.41 bits per heavy atom. The summed E-state index contributed by atoms with van der Waals surface area (Å²) in [5.74, 6) is 0.141. The lowest BCUT2D eigenvalue weighted by molar-refractivity contribution is 0.373. The van der Waals surface area contributed by atoms with Gasteiger partial charge in [-0.05, 0) is 30.9 Å². The van der Waals surface area contributed by atoms with Crippen molar-refractivity contribution >= 4 is 11.6 Å². The Morgan fingerprint density at radius 1 is 1.18 bits per heavy atom. The van der Waals surface area contributed by atoms with Crippen molar-refractivity contribution in [2.45, 2.75) is 44.6 Å². The number of halogens is 2. The van der Waals surface area contributed by atoms with E-state index in [0.29, 0.717) is 16.5 Å².